The van der Waals surface area contributed by atoms with Gasteiger partial charge in [0.25, 0.3) is 0 Å². The molecule has 1 aliphatic heterocycles. The van der Waals surface area contributed by atoms with E-state index in [4.69, 9.17) is 5.73 Å². The van der Waals surface area contributed by atoms with E-state index in [2.05, 4.69) is 15.4 Å². The maximum Gasteiger partial charge on any atom is 0.175 e. The number of nitrogens with zero attached hydrogens (tertiary/aromatic N) is 3. The third-order valence-corrected chi connectivity index (χ3v) is 1.75. The number of allylic oxidation sites excluding steroid dienone is 1. The maximum absolute atomic E-state index is 5.76. The van der Waals surface area contributed by atoms with Gasteiger partial charge in [-0.3, -0.25) is 5.73 Å². The Morgan fingerprint density at radius 2 is 2.33 bits per heavy atom. The van der Waals surface area contributed by atoms with Crippen molar-refractivity contribution in [2.75, 3.05) is 0 Å². The van der Waals surface area contributed by atoms with Crippen LogP contribution >= 0.6 is 0 Å². The predicted octanol–water partition coefficient (Wildman–Crippen LogP) is -0.0347. The fraction of sp³-hybridized carbons (Fsp3) is 0.429. The SMILES string of the molecule is CC1=Cc2nc(C)nn2C(N)N1. The lowest BCUT2D eigenvalue weighted by Crippen LogP contribution is -2.36. The summed E-state index contributed by atoms with van der Waals surface area (Å²) in [4.78, 5) is 4.21. The molecule has 0 fully saturated rings. The molecular formula is C7H11N5. The zero-order chi connectivity index (χ0) is 8.72. The van der Waals surface area contributed by atoms with Crippen molar-refractivity contribution < 1.29 is 0 Å². The summed E-state index contributed by atoms with van der Waals surface area (Å²) >= 11 is 0. The molecule has 2 heterocycles. The number of rotatable bonds is 0. The molecule has 0 spiro atoms. The second kappa shape index (κ2) is 2.31. The summed E-state index contributed by atoms with van der Waals surface area (Å²) in [6.45, 7) is 3.80. The van der Waals surface area contributed by atoms with Crippen LogP contribution in [0.25, 0.3) is 6.08 Å². The first-order valence-corrected chi connectivity index (χ1v) is 3.80. The molecule has 0 saturated heterocycles. The summed E-state index contributed by atoms with van der Waals surface area (Å²) in [7, 11) is 0. The maximum atomic E-state index is 5.76. The van der Waals surface area contributed by atoms with Gasteiger partial charge in [0.1, 0.15) is 5.82 Å². The van der Waals surface area contributed by atoms with Crippen molar-refractivity contribution in [2.45, 2.75) is 20.1 Å². The Morgan fingerprint density at radius 1 is 1.58 bits per heavy atom. The van der Waals surface area contributed by atoms with E-state index in [1.807, 2.05) is 19.9 Å². The Bertz CT molecular complexity index is 338. The van der Waals surface area contributed by atoms with Gasteiger partial charge < -0.3 is 5.32 Å². The summed E-state index contributed by atoms with van der Waals surface area (Å²) in [5.74, 6) is 1.56. The van der Waals surface area contributed by atoms with Gasteiger partial charge in [0.2, 0.25) is 0 Å². The first kappa shape index (κ1) is 7.30. The second-order valence-corrected chi connectivity index (χ2v) is 2.88. The number of fused-ring (bicyclic) bond motifs is 1. The Labute approximate surface area is 70.3 Å². The zero-order valence-corrected chi connectivity index (χ0v) is 7.07. The van der Waals surface area contributed by atoms with E-state index < -0.39 is 0 Å². The standard InChI is InChI=1S/C7H11N5/c1-4-3-6-10-5(2)11-12(6)7(8)9-4/h3,7,9H,8H2,1-2H3. The van der Waals surface area contributed by atoms with Crippen LogP contribution in [0, 0.1) is 6.92 Å². The van der Waals surface area contributed by atoms with Crippen molar-refractivity contribution in [1.29, 1.82) is 0 Å². The van der Waals surface area contributed by atoms with Gasteiger partial charge in [0, 0.05) is 11.8 Å². The highest BCUT2D eigenvalue weighted by Gasteiger charge is 2.16. The number of aromatic nitrogens is 3. The molecule has 12 heavy (non-hydrogen) atoms. The monoisotopic (exact) mass is 165 g/mol. The van der Waals surface area contributed by atoms with E-state index in [1.54, 1.807) is 4.68 Å². The van der Waals surface area contributed by atoms with Gasteiger partial charge in [0.05, 0.1) is 0 Å². The third-order valence-electron chi connectivity index (χ3n) is 1.75. The molecule has 0 aromatic carbocycles. The topological polar surface area (TPSA) is 68.8 Å². The highest BCUT2D eigenvalue weighted by molar-refractivity contribution is 5.45. The van der Waals surface area contributed by atoms with Crippen LogP contribution in [-0.2, 0) is 0 Å². The average Bonchev–Trinajstić information content (AvgIpc) is 2.29. The number of hydrogen-bond donors (Lipinski definition) is 2. The molecule has 1 aromatic heterocycles. The number of nitrogens with two attached hydrogens (primary N) is 1. The van der Waals surface area contributed by atoms with Crippen LogP contribution < -0.4 is 11.1 Å². The van der Waals surface area contributed by atoms with Crippen LogP contribution in [0.2, 0.25) is 0 Å². The second-order valence-electron chi connectivity index (χ2n) is 2.88. The zero-order valence-electron chi connectivity index (χ0n) is 7.07. The first-order valence-electron chi connectivity index (χ1n) is 3.80. The quantitative estimate of drug-likeness (QED) is 0.566. The molecule has 0 bridgehead atoms. The molecule has 5 heteroatoms. The van der Waals surface area contributed by atoms with Gasteiger partial charge in [-0.2, -0.15) is 5.10 Å². The average molecular weight is 165 g/mol. The Balaban J connectivity index is 2.53. The normalized spacial score (nSPS) is 21.2. The highest BCUT2D eigenvalue weighted by Crippen LogP contribution is 2.12. The molecule has 0 amide bonds. The highest BCUT2D eigenvalue weighted by atomic mass is 15.5. The Hall–Kier alpha value is -1.36. The van der Waals surface area contributed by atoms with E-state index in [0.717, 1.165) is 17.3 Å². The molecule has 64 valence electrons. The van der Waals surface area contributed by atoms with Crippen LogP contribution in [0.3, 0.4) is 0 Å². The summed E-state index contributed by atoms with van der Waals surface area (Å²) in [5, 5.41) is 7.19. The van der Waals surface area contributed by atoms with Crippen molar-refractivity contribution in [3.8, 4) is 0 Å². The third kappa shape index (κ3) is 0.984. The van der Waals surface area contributed by atoms with Gasteiger partial charge in [0.15, 0.2) is 12.1 Å². The Kier molecular flexibility index (Phi) is 1.41. The van der Waals surface area contributed by atoms with Crippen molar-refractivity contribution in [1.82, 2.24) is 20.1 Å². The minimum absolute atomic E-state index is 0.286. The predicted molar refractivity (Wildman–Crippen MR) is 44.8 cm³/mol. The number of hydrogen-bond acceptors (Lipinski definition) is 4. The fourth-order valence-electron chi connectivity index (χ4n) is 1.28. The molecule has 1 unspecified atom stereocenters. The molecule has 2 rings (SSSR count). The van der Waals surface area contributed by atoms with Crippen LogP contribution in [0.1, 0.15) is 24.9 Å². The molecule has 0 radical (unpaired) electrons. The van der Waals surface area contributed by atoms with E-state index in [9.17, 15) is 0 Å². The molecule has 0 aliphatic carbocycles. The fourth-order valence-corrected chi connectivity index (χ4v) is 1.28. The van der Waals surface area contributed by atoms with Gasteiger partial charge >= 0.3 is 0 Å². The minimum Gasteiger partial charge on any atom is -0.355 e. The minimum atomic E-state index is -0.286. The largest absolute Gasteiger partial charge is 0.355 e. The van der Waals surface area contributed by atoms with E-state index in [0.29, 0.717) is 0 Å². The van der Waals surface area contributed by atoms with E-state index >= 15 is 0 Å². The Morgan fingerprint density at radius 3 is 3.08 bits per heavy atom. The van der Waals surface area contributed by atoms with Crippen molar-refractivity contribution in [3.05, 3.63) is 17.3 Å². The summed E-state index contributed by atoms with van der Waals surface area (Å²) in [5.41, 5.74) is 6.77. The van der Waals surface area contributed by atoms with Crippen LogP contribution in [0.15, 0.2) is 5.70 Å². The van der Waals surface area contributed by atoms with Crippen LogP contribution in [0.5, 0.6) is 0 Å². The summed E-state index contributed by atoms with van der Waals surface area (Å²) < 4.78 is 1.67. The van der Waals surface area contributed by atoms with Gasteiger partial charge in [-0.1, -0.05) is 0 Å². The molecule has 1 aromatic rings. The lowest BCUT2D eigenvalue weighted by Gasteiger charge is -2.20. The van der Waals surface area contributed by atoms with Gasteiger partial charge in [-0.05, 0) is 13.8 Å². The lowest BCUT2D eigenvalue weighted by atomic mass is 10.3. The molecule has 5 nitrogen and oxygen atoms in total. The van der Waals surface area contributed by atoms with Crippen LogP contribution in [0.4, 0.5) is 0 Å². The molecule has 0 saturated carbocycles. The van der Waals surface area contributed by atoms with Crippen molar-refractivity contribution in [2.24, 2.45) is 5.73 Å². The molecule has 1 atom stereocenters. The molecule has 1 aliphatic rings. The van der Waals surface area contributed by atoms with E-state index in [1.165, 1.54) is 0 Å². The van der Waals surface area contributed by atoms with E-state index in [-0.39, 0.29) is 6.29 Å². The van der Waals surface area contributed by atoms with Gasteiger partial charge in [-0.25, -0.2) is 9.67 Å². The molecule has 3 N–H and O–H groups in total. The van der Waals surface area contributed by atoms with Gasteiger partial charge in [-0.15, -0.1) is 0 Å². The lowest BCUT2D eigenvalue weighted by molar-refractivity contribution is 0.401. The summed E-state index contributed by atoms with van der Waals surface area (Å²) in [6.07, 6.45) is 1.63. The smallest absolute Gasteiger partial charge is 0.175 e. The first-order chi connectivity index (χ1) is 5.66. The van der Waals surface area contributed by atoms with Crippen LogP contribution in [-0.4, -0.2) is 14.8 Å². The molecular weight excluding hydrogens is 154 g/mol. The number of aryl methyl sites for hydroxylation is 1. The van der Waals surface area contributed by atoms with Crippen molar-refractivity contribution in [3.63, 3.8) is 0 Å². The van der Waals surface area contributed by atoms with Crippen molar-refractivity contribution >= 4 is 6.08 Å². The summed E-state index contributed by atoms with van der Waals surface area (Å²) in [6, 6.07) is 0. The number of nitrogens with one attached hydrogen (secondary N) is 1.